The van der Waals surface area contributed by atoms with E-state index in [1.165, 1.54) is 12.1 Å². The first-order valence-corrected chi connectivity index (χ1v) is 8.08. The van der Waals surface area contributed by atoms with E-state index in [4.69, 9.17) is 0 Å². The van der Waals surface area contributed by atoms with E-state index < -0.39 is 27.7 Å². The zero-order valence-corrected chi connectivity index (χ0v) is 12.3. The number of rotatable bonds is 4. The molecule has 0 heterocycles. The maximum absolute atomic E-state index is 12.7. The van der Waals surface area contributed by atoms with E-state index in [0.29, 0.717) is 0 Å². The fourth-order valence-electron chi connectivity index (χ4n) is 1.46. The van der Waals surface area contributed by atoms with E-state index in [1.807, 2.05) is 0 Å². The Kier molecular flexibility index (Phi) is 5.02. The first kappa shape index (κ1) is 16.5. The molecule has 19 heavy (non-hydrogen) atoms. The van der Waals surface area contributed by atoms with Gasteiger partial charge in [-0.15, -0.1) is 0 Å². The topological polar surface area (TPSA) is 54.4 Å². The van der Waals surface area contributed by atoms with Gasteiger partial charge >= 0.3 is 6.18 Å². The monoisotopic (exact) mass is 360 g/mol. The molecule has 0 radical (unpaired) electrons. The van der Waals surface area contributed by atoms with Gasteiger partial charge in [0.05, 0.1) is 17.4 Å². The largest absolute Gasteiger partial charge is 0.417 e. The van der Waals surface area contributed by atoms with Gasteiger partial charge in [0, 0.05) is 10.7 Å². The second-order valence-corrected chi connectivity index (χ2v) is 7.29. The van der Waals surface area contributed by atoms with Crippen LogP contribution in [0.4, 0.5) is 13.2 Å². The highest BCUT2D eigenvalue weighted by atomic mass is 79.9. The Balaban J connectivity index is 2.96. The van der Waals surface area contributed by atoms with Crippen LogP contribution in [-0.2, 0) is 16.0 Å². The molecular weight excluding hydrogens is 349 g/mol. The highest BCUT2D eigenvalue weighted by Gasteiger charge is 2.33. The van der Waals surface area contributed by atoms with Crippen LogP contribution in [-0.4, -0.2) is 25.5 Å². The molecule has 0 amide bonds. The molecule has 1 N–H and O–H groups in total. The van der Waals surface area contributed by atoms with E-state index in [-0.39, 0.29) is 22.2 Å². The average molecular weight is 361 g/mol. The van der Waals surface area contributed by atoms with Crippen LogP contribution in [0.5, 0.6) is 0 Å². The van der Waals surface area contributed by atoms with Crippen LogP contribution in [0, 0.1) is 0 Å². The summed E-state index contributed by atoms with van der Waals surface area (Å²) in [5.74, 6) is -0.286. The standard InChI is InChI=1S/C11H12BrF3O3S/c1-19(17,18)5-4-10(16)7-2-3-9(12)8(6-7)11(13,14)15/h2-3,6,10,16H,4-5H2,1H3. The van der Waals surface area contributed by atoms with E-state index in [9.17, 15) is 26.7 Å². The minimum atomic E-state index is -4.54. The Bertz CT molecular complexity index is 555. The van der Waals surface area contributed by atoms with Crippen molar-refractivity contribution in [1.29, 1.82) is 0 Å². The molecule has 0 aromatic heterocycles. The van der Waals surface area contributed by atoms with Gasteiger partial charge in [0.2, 0.25) is 0 Å². The Labute approximate surface area is 117 Å². The van der Waals surface area contributed by atoms with Crippen LogP contribution in [0.25, 0.3) is 0 Å². The minimum Gasteiger partial charge on any atom is -0.388 e. The molecule has 0 bridgehead atoms. The average Bonchev–Trinajstić information content (AvgIpc) is 2.24. The molecule has 0 aliphatic rings. The number of hydrogen-bond donors (Lipinski definition) is 1. The molecule has 0 aliphatic heterocycles. The van der Waals surface area contributed by atoms with Crippen molar-refractivity contribution in [3.8, 4) is 0 Å². The second kappa shape index (κ2) is 5.80. The molecule has 1 aromatic rings. The van der Waals surface area contributed by atoms with E-state index in [0.717, 1.165) is 12.3 Å². The Morgan fingerprint density at radius 2 is 1.95 bits per heavy atom. The van der Waals surface area contributed by atoms with E-state index >= 15 is 0 Å². The van der Waals surface area contributed by atoms with Crippen molar-refractivity contribution >= 4 is 25.8 Å². The SMILES string of the molecule is CS(=O)(=O)CCC(O)c1ccc(Br)c(C(F)(F)F)c1. The Morgan fingerprint density at radius 3 is 2.42 bits per heavy atom. The predicted octanol–water partition coefficient (Wildman–Crippen LogP) is 2.94. The van der Waals surface area contributed by atoms with Crippen LogP contribution >= 0.6 is 15.9 Å². The van der Waals surface area contributed by atoms with E-state index in [2.05, 4.69) is 15.9 Å². The molecule has 1 aromatic carbocycles. The number of halogens is 4. The lowest BCUT2D eigenvalue weighted by Crippen LogP contribution is -2.11. The van der Waals surface area contributed by atoms with Gasteiger partial charge < -0.3 is 5.11 Å². The fraction of sp³-hybridized carbons (Fsp3) is 0.455. The summed E-state index contributed by atoms with van der Waals surface area (Å²) in [6, 6.07) is 3.32. The number of aliphatic hydroxyl groups is 1. The summed E-state index contributed by atoms with van der Waals surface area (Å²) in [6.07, 6.45) is -4.92. The lowest BCUT2D eigenvalue weighted by Gasteiger charge is -2.14. The highest BCUT2D eigenvalue weighted by molar-refractivity contribution is 9.10. The molecule has 8 heteroatoms. The van der Waals surface area contributed by atoms with Gasteiger partial charge in [-0.1, -0.05) is 22.0 Å². The summed E-state index contributed by atoms with van der Waals surface area (Å²) in [5, 5.41) is 9.72. The van der Waals surface area contributed by atoms with Crippen molar-refractivity contribution < 1.29 is 26.7 Å². The zero-order valence-electron chi connectivity index (χ0n) is 9.91. The summed E-state index contributed by atoms with van der Waals surface area (Å²) < 4.78 is 59.8. The van der Waals surface area contributed by atoms with Crippen LogP contribution in [0.1, 0.15) is 23.7 Å². The number of aliphatic hydroxyl groups excluding tert-OH is 1. The maximum Gasteiger partial charge on any atom is 0.417 e. The predicted molar refractivity (Wildman–Crippen MR) is 68.4 cm³/mol. The second-order valence-electron chi connectivity index (χ2n) is 4.17. The summed E-state index contributed by atoms with van der Waals surface area (Å²) in [5.41, 5.74) is -0.859. The van der Waals surface area contributed by atoms with Gasteiger partial charge in [0.15, 0.2) is 0 Å². The molecular formula is C11H12BrF3O3S. The van der Waals surface area contributed by atoms with Gasteiger partial charge in [-0.2, -0.15) is 13.2 Å². The number of sulfone groups is 1. The van der Waals surface area contributed by atoms with Gasteiger partial charge in [0.25, 0.3) is 0 Å². The Hall–Kier alpha value is -0.600. The van der Waals surface area contributed by atoms with Crippen molar-refractivity contribution in [1.82, 2.24) is 0 Å². The van der Waals surface area contributed by atoms with Crippen molar-refractivity contribution in [2.24, 2.45) is 0 Å². The molecule has 0 saturated carbocycles. The summed E-state index contributed by atoms with van der Waals surface area (Å²) in [4.78, 5) is 0. The van der Waals surface area contributed by atoms with E-state index in [1.54, 1.807) is 0 Å². The van der Waals surface area contributed by atoms with Crippen LogP contribution in [0.2, 0.25) is 0 Å². The highest BCUT2D eigenvalue weighted by Crippen LogP contribution is 2.36. The van der Waals surface area contributed by atoms with Crippen molar-refractivity contribution in [2.75, 3.05) is 12.0 Å². The third-order valence-corrected chi connectivity index (χ3v) is 4.11. The quantitative estimate of drug-likeness (QED) is 0.897. The smallest absolute Gasteiger partial charge is 0.388 e. The molecule has 1 atom stereocenters. The first-order chi connectivity index (χ1) is 8.50. The van der Waals surface area contributed by atoms with Gasteiger partial charge in [-0.25, -0.2) is 8.42 Å². The minimum absolute atomic E-state index is 0.0409. The lowest BCUT2D eigenvalue weighted by atomic mass is 10.0. The molecule has 0 saturated heterocycles. The molecule has 0 spiro atoms. The molecule has 108 valence electrons. The van der Waals surface area contributed by atoms with Crippen LogP contribution in [0.3, 0.4) is 0 Å². The third-order valence-electron chi connectivity index (χ3n) is 2.44. The Morgan fingerprint density at radius 1 is 1.37 bits per heavy atom. The lowest BCUT2D eigenvalue weighted by molar-refractivity contribution is -0.138. The summed E-state index contributed by atoms with van der Waals surface area (Å²) in [7, 11) is -3.27. The molecule has 0 aliphatic carbocycles. The first-order valence-electron chi connectivity index (χ1n) is 5.23. The summed E-state index contributed by atoms with van der Waals surface area (Å²) >= 11 is 2.79. The summed E-state index contributed by atoms with van der Waals surface area (Å²) in [6.45, 7) is 0. The van der Waals surface area contributed by atoms with Crippen molar-refractivity contribution in [3.05, 3.63) is 33.8 Å². The van der Waals surface area contributed by atoms with Gasteiger partial charge in [-0.05, 0) is 24.1 Å². The van der Waals surface area contributed by atoms with Crippen LogP contribution in [0.15, 0.2) is 22.7 Å². The number of benzene rings is 1. The number of alkyl halides is 3. The van der Waals surface area contributed by atoms with Gasteiger partial charge in [0.1, 0.15) is 9.84 Å². The third kappa shape index (κ3) is 5.12. The molecule has 3 nitrogen and oxygen atoms in total. The van der Waals surface area contributed by atoms with Crippen molar-refractivity contribution in [3.63, 3.8) is 0 Å². The zero-order chi connectivity index (χ0) is 14.8. The molecule has 0 fully saturated rings. The molecule has 1 rings (SSSR count). The molecule has 1 unspecified atom stereocenters. The fourth-order valence-corrected chi connectivity index (χ4v) is 2.58. The van der Waals surface area contributed by atoms with Crippen LogP contribution < -0.4 is 0 Å². The van der Waals surface area contributed by atoms with Crippen molar-refractivity contribution in [2.45, 2.75) is 18.7 Å². The van der Waals surface area contributed by atoms with Gasteiger partial charge in [-0.3, -0.25) is 0 Å². The maximum atomic E-state index is 12.7. The normalized spacial score (nSPS) is 14.4. The number of hydrogen-bond acceptors (Lipinski definition) is 3.